The zero-order valence-corrected chi connectivity index (χ0v) is 20.1. The highest BCUT2D eigenvalue weighted by molar-refractivity contribution is 6.03. The van der Waals surface area contributed by atoms with Gasteiger partial charge in [-0.25, -0.2) is 8.78 Å². The number of hydrogen-bond acceptors (Lipinski definition) is 5. The number of fused-ring (bicyclic) bond motifs is 2. The van der Waals surface area contributed by atoms with Crippen molar-refractivity contribution >= 4 is 17.6 Å². The molecule has 1 aromatic heterocycles. The van der Waals surface area contributed by atoms with E-state index in [4.69, 9.17) is 9.15 Å². The summed E-state index contributed by atoms with van der Waals surface area (Å²) in [5, 5.41) is 2.28. The molecular formula is C26H30F5N3O3. The van der Waals surface area contributed by atoms with Gasteiger partial charge in [0.1, 0.15) is 12.2 Å². The van der Waals surface area contributed by atoms with Crippen molar-refractivity contribution in [3.05, 3.63) is 35.2 Å². The van der Waals surface area contributed by atoms with Gasteiger partial charge in [-0.3, -0.25) is 4.79 Å². The first-order valence-electron chi connectivity index (χ1n) is 12.9. The normalized spacial score (nSPS) is 28.7. The molecule has 4 aliphatic rings. The second-order valence-corrected chi connectivity index (χ2v) is 10.8. The molecule has 4 fully saturated rings. The molecule has 1 amide bonds. The summed E-state index contributed by atoms with van der Waals surface area (Å²) in [6.45, 7) is 0.586. The lowest BCUT2D eigenvalue weighted by atomic mass is 9.85. The van der Waals surface area contributed by atoms with Crippen molar-refractivity contribution in [1.29, 1.82) is 0 Å². The molecule has 2 heterocycles. The maximum Gasteiger partial charge on any atom is 0.396 e. The Hall–Kier alpha value is -2.85. The van der Waals surface area contributed by atoms with Gasteiger partial charge in [0.15, 0.2) is 23.1 Å². The van der Waals surface area contributed by atoms with Crippen molar-refractivity contribution in [3.63, 3.8) is 0 Å². The van der Waals surface area contributed by atoms with Gasteiger partial charge in [-0.05, 0) is 56.3 Å². The molecule has 37 heavy (non-hydrogen) atoms. The highest BCUT2D eigenvalue weighted by Crippen LogP contribution is 2.52. The first-order chi connectivity index (χ1) is 17.6. The molecule has 202 valence electrons. The largest absolute Gasteiger partial charge is 0.484 e. The first-order valence-corrected chi connectivity index (χ1v) is 12.9. The number of oxazole rings is 1. The van der Waals surface area contributed by atoms with Gasteiger partial charge in [0.25, 0.3) is 11.9 Å². The molecule has 1 saturated heterocycles. The highest BCUT2D eigenvalue weighted by atomic mass is 19.4. The van der Waals surface area contributed by atoms with E-state index in [0.29, 0.717) is 24.3 Å². The number of halogens is 5. The van der Waals surface area contributed by atoms with E-state index in [-0.39, 0.29) is 25.3 Å². The topological polar surface area (TPSA) is 67.6 Å². The third kappa shape index (κ3) is 5.01. The standard InChI is InChI=1S/C26H28F5N3O3.H2/c27-18-10-16(11-19(28)23(18)36-17-8-14-7-15(14)9-17)32-24(35)22-21(12-26(29,30)31)37-25(33-22)34-6-5-13-3-1-2-4-20(13)34;/h10-11,13-15,17,20H,1-9,12H2,(H,32,35);1H. The van der Waals surface area contributed by atoms with E-state index >= 15 is 0 Å². The Bertz CT molecular complexity index is 1170. The van der Waals surface area contributed by atoms with Crippen molar-refractivity contribution in [2.45, 2.75) is 76.1 Å². The number of carbonyl (C=O) groups is 1. The quantitative estimate of drug-likeness (QED) is 0.435. The van der Waals surface area contributed by atoms with Crippen molar-refractivity contribution in [2.75, 3.05) is 16.8 Å². The summed E-state index contributed by atoms with van der Waals surface area (Å²) in [4.78, 5) is 18.9. The molecule has 1 N–H and O–H groups in total. The summed E-state index contributed by atoms with van der Waals surface area (Å²) in [7, 11) is 0. The van der Waals surface area contributed by atoms with Gasteiger partial charge in [0, 0.05) is 31.8 Å². The van der Waals surface area contributed by atoms with E-state index in [1.165, 1.54) is 0 Å². The molecule has 4 unspecified atom stereocenters. The number of nitrogens with one attached hydrogen (secondary N) is 1. The maximum absolute atomic E-state index is 14.7. The van der Waals surface area contributed by atoms with Crippen molar-refractivity contribution in [2.24, 2.45) is 17.8 Å². The van der Waals surface area contributed by atoms with Gasteiger partial charge in [0.2, 0.25) is 0 Å². The molecule has 1 aliphatic heterocycles. The van der Waals surface area contributed by atoms with Crippen LogP contribution in [-0.4, -0.2) is 35.8 Å². The second-order valence-electron chi connectivity index (χ2n) is 10.8. The fourth-order valence-electron chi connectivity index (χ4n) is 6.44. The Labute approximate surface area is 212 Å². The van der Waals surface area contributed by atoms with Gasteiger partial charge in [-0.2, -0.15) is 18.2 Å². The van der Waals surface area contributed by atoms with E-state index in [0.717, 1.165) is 63.5 Å². The van der Waals surface area contributed by atoms with Crippen molar-refractivity contribution in [3.8, 4) is 5.75 Å². The van der Waals surface area contributed by atoms with E-state index < -0.39 is 47.3 Å². The maximum atomic E-state index is 14.7. The molecular weight excluding hydrogens is 497 g/mol. The van der Waals surface area contributed by atoms with Gasteiger partial charge >= 0.3 is 6.18 Å². The van der Waals surface area contributed by atoms with Gasteiger partial charge in [-0.15, -0.1) is 0 Å². The van der Waals surface area contributed by atoms with Crippen LogP contribution in [0.15, 0.2) is 16.5 Å². The minimum absolute atomic E-state index is 0. The van der Waals surface area contributed by atoms with Crippen LogP contribution in [0.3, 0.4) is 0 Å². The molecule has 0 bridgehead atoms. The van der Waals surface area contributed by atoms with Gasteiger partial charge in [-0.1, -0.05) is 12.8 Å². The SMILES string of the molecule is O=C(Nc1cc(F)c(OC2CC3CC3C2)c(F)c1)c1nc(N2CCC3CCCCC32)oc1CC(F)(F)F.[HH]. The zero-order valence-electron chi connectivity index (χ0n) is 20.1. The summed E-state index contributed by atoms with van der Waals surface area (Å²) >= 11 is 0. The predicted octanol–water partition coefficient (Wildman–Crippen LogP) is 6.50. The van der Waals surface area contributed by atoms with Crippen LogP contribution in [-0.2, 0) is 6.42 Å². The lowest BCUT2D eigenvalue weighted by Crippen LogP contribution is -2.35. The minimum Gasteiger partial charge on any atom is -0.484 e. The summed E-state index contributed by atoms with van der Waals surface area (Å²) < 4.78 is 80.2. The van der Waals surface area contributed by atoms with Crippen LogP contribution >= 0.6 is 0 Å². The Morgan fingerprint density at radius 2 is 1.78 bits per heavy atom. The van der Waals surface area contributed by atoms with Crippen LogP contribution in [0.1, 0.15) is 69.0 Å². The fourth-order valence-corrected chi connectivity index (χ4v) is 6.44. The monoisotopic (exact) mass is 527 g/mol. The number of anilines is 2. The zero-order chi connectivity index (χ0) is 25.9. The van der Waals surface area contributed by atoms with E-state index in [1.54, 1.807) is 0 Å². The Kier molecular flexibility index (Phi) is 6.06. The molecule has 0 radical (unpaired) electrons. The highest BCUT2D eigenvalue weighted by Gasteiger charge is 2.47. The molecule has 0 spiro atoms. The number of hydrogen-bond donors (Lipinski definition) is 1. The Morgan fingerprint density at radius 3 is 2.49 bits per heavy atom. The van der Waals surface area contributed by atoms with Crippen molar-refractivity contribution < 1.29 is 37.3 Å². The summed E-state index contributed by atoms with van der Waals surface area (Å²) in [5.41, 5.74) is -0.796. The van der Waals surface area contributed by atoms with E-state index in [2.05, 4.69) is 10.3 Å². The van der Waals surface area contributed by atoms with E-state index in [1.807, 2.05) is 4.90 Å². The third-order valence-corrected chi connectivity index (χ3v) is 8.26. The number of benzene rings is 1. The van der Waals surface area contributed by atoms with Gasteiger partial charge in [0.05, 0.1) is 6.10 Å². The van der Waals surface area contributed by atoms with Crippen LogP contribution in [0.5, 0.6) is 5.75 Å². The fraction of sp³-hybridized carbons (Fsp3) is 0.615. The number of alkyl halides is 3. The molecule has 1 aromatic carbocycles. The van der Waals surface area contributed by atoms with Crippen LogP contribution in [0.25, 0.3) is 0 Å². The van der Waals surface area contributed by atoms with Crippen LogP contribution in [0, 0.1) is 29.4 Å². The van der Waals surface area contributed by atoms with E-state index in [9.17, 15) is 26.7 Å². The lowest BCUT2D eigenvalue weighted by molar-refractivity contribution is -0.130. The molecule has 6 rings (SSSR count). The Balaban J connectivity index is 0.00000294. The molecule has 3 saturated carbocycles. The molecule has 6 nitrogen and oxygen atoms in total. The molecule has 11 heteroatoms. The minimum atomic E-state index is -4.64. The predicted molar refractivity (Wildman–Crippen MR) is 126 cm³/mol. The number of nitrogens with zero attached hydrogens (tertiary/aromatic N) is 2. The van der Waals surface area contributed by atoms with Gasteiger partial charge < -0.3 is 19.4 Å². The lowest BCUT2D eigenvalue weighted by Gasteiger charge is -2.30. The summed E-state index contributed by atoms with van der Waals surface area (Å²) in [5.74, 6) is -2.60. The first kappa shape index (κ1) is 24.5. The third-order valence-electron chi connectivity index (χ3n) is 8.26. The van der Waals surface area contributed by atoms with Crippen LogP contribution in [0.4, 0.5) is 33.7 Å². The number of carbonyl (C=O) groups excluding carboxylic acids is 1. The number of amides is 1. The molecule has 4 atom stereocenters. The summed E-state index contributed by atoms with van der Waals surface area (Å²) in [6, 6.07) is 1.88. The average molecular weight is 528 g/mol. The average Bonchev–Trinajstić information content (AvgIpc) is 3.17. The number of rotatable bonds is 6. The van der Waals surface area contributed by atoms with Crippen molar-refractivity contribution in [1.82, 2.24) is 4.98 Å². The second kappa shape index (κ2) is 9.16. The molecule has 3 aliphatic carbocycles. The number of ether oxygens (including phenoxy) is 1. The van der Waals surface area contributed by atoms with Crippen LogP contribution in [0.2, 0.25) is 0 Å². The Morgan fingerprint density at radius 1 is 1.08 bits per heavy atom. The summed E-state index contributed by atoms with van der Waals surface area (Å²) in [6.07, 6.45) is 1.24. The smallest absolute Gasteiger partial charge is 0.396 e. The number of aromatic nitrogens is 1. The van der Waals surface area contributed by atoms with Crippen LogP contribution < -0.4 is 15.0 Å². The molecule has 2 aromatic rings.